The van der Waals surface area contributed by atoms with E-state index in [0.29, 0.717) is 23.7 Å². The molecule has 0 saturated heterocycles. The first-order valence-electron chi connectivity index (χ1n) is 8.36. The fraction of sp³-hybridized carbons (Fsp3) is 0.286. The van der Waals surface area contributed by atoms with Crippen LogP contribution in [-0.4, -0.2) is 30.1 Å². The smallest absolute Gasteiger partial charge is 0.262 e. The Kier molecular flexibility index (Phi) is 6.76. The molecular weight excluding hydrogens is 312 g/mol. The fourth-order valence-electron chi connectivity index (χ4n) is 2.42. The van der Waals surface area contributed by atoms with Gasteiger partial charge in [-0.05, 0) is 25.0 Å². The lowest BCUT2D eigenvalue weighted by molar-refractivity contribution is -0.136. The predicted octanol–water partition coefficient (Wildman–Crippen LogP) is 2.04. The van der Waals surface area contributed by atoms with Gasteiger partial charge in [0.05, 0.1) is 13.1 Å². The minimum atomic E-state index is -1.75. The summed E-state index contributed by atoms with van der Waals surface area (Å²) >= 11 is 0. The second kappa shape index (κ2) is 9.03. The Bertz CT molecular complexity index is 691. The zero-order valence-corrected chi connectivity index (χ0v) is 14.6. The Morgan fingerprint density at radius 1 is 0.960 bits per heavy atom. The van der Waals surface area contributed by atoms with Gasteiger partial charge in [-0.1, -0.05) is 72.5 Å². The Morgan fingerprint density at radius 3 is 1.92 bits per heavy atom. The van der Waals surface area contributed by atoms with Crippen LogP contribution < -0.4 is 10.6 Å². The molecule has 2 aromatic rings. The van der Waals surface area contributed by atoms with Crippen LogP contribution in [0, 0.1) is 11.8 Å². The molecule has 4 heteroatoms. The van der Waals surface area contributed by atoms with Crippen molar-refractivity contribution >= 4 is 5.91 Å². The zero-order chi connectivity index (χ0) is 18.1. The van der Waals surface area contributed by atoms with Crippen LogP contribution in [0.25, 0.3) is 0 Å². The molecule has 0 spiro atoms. The lowest BCUT2D eigenvalue weighted by Crippen LogP contribution is -2.45. The second-order valence-corrected chi connectivity index (χ2v) is 6.01. The third-order valence-corrected chi connectivity index (χ3v) is 3.77. The summed E-state index contributed by atoms with van der Waals surface area (Å²) in [5, 5.41) is 17.1. The largest absolute Gasteiger partial charge is 0.372 e. The summed E-state index contributed by atoms with van der Waals surface area (Å²) < 4.78 is 0. The normalized spacial score (nSPS) is 10.9. The van der Waals surface area contributed by atoms with E-state index in [-0.39, 0.29) is 6.54 Å². The number of nitrogens with one attached hydrogen (secondary N) is 2. The van der Waals surface area contributed by atoms with Gasteiger partial charge < -0.3 is 15.7 Å². The maximum atomic E-state index is 12.8. The molecule has 0 saturated carbocycles. The number of amides is 1. The highest BCUT2D eigenvalue weighted by Gasteiger charge is 2.39. The molecule has 130 valence electrons. The number of carbonyl (C=O) groups excluding carboxylic acids is 1. The Morgan fingerprint density at radius 2 is 1.44 bits per heavy atom. The molecule has 1 amide bonds. The van der Waals surface area contributed by atoms with E-state index in [1.165, 1.54) is 0 Å². The maximum Gasteiger partial charge on any atom is 0.262 e. The molecule has 0 heterocycles. The van der Waals surface area contributed by atoms with Gasteiger partial charge in [0.25, 0.3) is 5.91 Å². The molecule has 0 aliphatic carbocycles. The van der Waals surface area contributed by atoms with Crippen LogP contribution >= 0.6 is 0 Å². The van der Waals surface area contributed by atoms with Crippen molar-refractivity contribution < 1.29 is 9.90 Å². The summed E-state index contributed by atoms with van der Waals surface area (Å²) in [6.45, 7) is 4.84. The van der Waals surface area contributed by atoms with Crippen LogP contribution in [0.4, 0.5) is 0 Å². The maximum absolute atomic E-state index is 12.8. The lowest BCUT2D eigenvalue weighted by Gasteiger charge is -2.27. The van der Waals surface area contributed by atoms with Gasteiger partial charge in [0.15, 0.2) is 5.60 Å². The number of carbonyl (C=O) groups is 1. The average Bonchev–Trinajstić information content (AvgIpc) is 2.64. The van der Waals surface area contributed by atoms with Crippen molar-refractivity contribution in [3.05, 3.63) is 71.8 Å². The van der Waals surface area contributed by atoms with Crippen molar-refractivity contribution in [3.63, 3.8) is 0 Å². The van der Waals surface area contributed by atoms with Crippen molar-refractivity contribution in [2.75, 3.05) is 13.1 Å². The SMILES string of the molecule is CC(C)NCC#CCNC(=O)C(O)(c1ccccc1)c1ccccc1. The molecule has 0 aliphatic heterocycles. The fourth-order valence-corrected chi connectivity index (χ4v) is 2.42. The van der Waals surface area contributed by atoms with Crippen LogP contribution in [0.1, 0.15) is 25.0 Å². The highest BCUT2D eigenvalue weighted by atomic mass is 16.3. The van der Waals surface area contributed by atoms with E-state index in [9.17, 15) is 9.90 Å². The molecule has 25 heavy (non-hydrogen) atoms. The topological polar surface area (TPSA) is 61.4 Å². The first-order valence-corrected chi connectivity index (χ1v) is 8.36. The highest BCUT2D eigenvalue weighted by molar-refractivity contribution is 5.90. The predicted molar refractivity (Wildman–Crippen MR) is 99.8 cm³/mol. The number of aliphatic hydroxyl groups is 1. The van der Waals surface area contributed by atoms with Crippen LogP contribution in [-0.2, 0) is 10.4 Å². The molecule has 0 unspecified atom stereocenters. The Balaban J connectivity index is 2.15. The van der Waals surface area contributed by atoms with Crippen molar-refractivity contribution in [3.8, 4) is 11.8 Å². The summed E-state index contributed by atoms with van der Waals surface area (Å²) in [7, 11) is 0. The van der Waals surface area contributed by atoms with E-state index in [2.05, 4.69) is 22.5 Å². The van der Waals surface area contributed by atoms with Gasteiger partial charge in [-0.2, -0.15) is 0 Å². The highest BCUT2D eigenvalue weighted by Crippen LogP contribution is 2.29. The number of hydrogen-bond donors (Lipinski definition) is 3. The van der Waals surface area contributed by atoms with Crippen LogP contribution in [0.2, 0.25) is 0 Å². The minimum absolute atomic E-state index is 0.181. The van der Waals surface area contributed by atoms with Gasteiger partial charge >= 0.3 is 0 Å². The standard InChI is InChI=1S/C21H24N2O2/c1-17(2)22-15-9-10-16-23-20(24)21(25,18-11-5-3-6-12-18)19-13-7-4-8-14-19/h3-8,11-14,17,22,25H,15-16H2,1-2H3,(H,23,24). The molecular formula is C21H24N2O2. The lowest BCUT2D eigenvalue weighted by atomic mass is 9.85. The third kappa shape index (κ3) is 4.93. The number of hydrogen-bond acceptors (Lipinski definition) is 3. The van der Waals surface area contributed by atoms with Gasteiger partial charge in [-0.15, -0.1) is 0 Å². The van der Waals surface area contributed by atoms with E-state index in [1.54, 1.807) is 48.5 Å². The average molecular weight is 336 g/mol. The molecule has 0 fully saturated rings. The third-order valence-electron chi connectivity index (χ3n) is 3.77. The van der Waals surface area contributed by atoms with E-state index in [0.717, 1.165) is 0 Å². The summed E-state index contributed by atoms with van der Waals surface area (Å²) in [4.78, 5) is 12.8. The first kappa shape index (κ1) is 18.7. The van der Waals surface area contributed by atoms with Gasteiger partial charge in [0.1, 0.15) is 0 Å². The van der Waals surface area contributed by atoms with Gasteiger partial charge in [-0.25, -0.2) is 0 Å². The second-order valence-electron chi connectivity index (χ2n) is 6.01. The van der Waals surface area contributed by atoms with Gasteiger partial charge in [0.2, 0.25) is 0 Å². The van der Waals surface area contributed by atoms with Crippen LogP contribution in [0.5, 0.6) is 0 Å². The number of rotatable bonds is 6. The Hall–Kier alpha value is -2.61. The summed E-state index contributed by atoms with van der Waals surface area (Å²) in [5.74, 6) is 5.35. The molecule has 4 nitrogen and oxygen atoms in total. The van der Waals surface area contributed by atoms with E-state index < -0.39 is 11.5 Å². The molecule has 0 bridgehead atoms. The molecule has 2 rings (SSSR count). The number of benzene rings is 2. The molecule has 3 N–H and O–H groups in total. The van der Waals surface area contributed by atoms with Crippen molar-refractivity contribution in [1.82, 2.24) is 10.6 Å². The molecule has 0 radical (unpaired) electrons. The van der Waals surface area contributed by atoms with Crippen LogP contribution in [0.3, 0.4) is 0 Å². The van der Waals surface area contributed by atoms with Crippen LogP contribution in [0.15, 0.2) is 60.7 Å². The van der Waals surface area contributed by atoms with E-state index in [4.69, 9.17) is 0 Å². The molecule has 0 atom stereocenters. The van der Waals surface area contributed by atoms with Crippen molar-refractivity contribution in [2.24, 2.45) is 0 Å². The monoisotopic (exact) mass is 336 g/mol. The summed E-state index contributed by atoms with van der Waals surface area (Å²) in [6.07, 6.45) is 0. The van der Waals surface area contributed by atoms with Gasteiger partial charge in [0, 0.05) is 6.04 Å². The summed E-state index contributed by atoms with van der Waals surface area (Å²) in [6, 6.07) is 18.2. The van der Waals surface area contributed by atoms with Crippen molar-refractivity contribution in [2.45, 2.75) is 25.5 Å². The van der Waals surface area contributed by atoms with Crippen molar-refractivity contribution in [1.29, 1.82) is 0 Å². The van der Waals surface area contributed by atoms with Gasteiger partial charge in [-0.3, -0.25) is 4.79 Å². The Labute approximate surface area is 149 Å². The quantitative estimate of drug-likeness (QED) is 0.708. The molecule has 0 aliphatic rings. The molecule has 2 aromatic carbocycles. The molecule has 0 aromatic heterocycles. The first-order chi connectivity index (χ1) is 12.0. The van der Waals surface area contributed by atoms with E-state index in [1.807, 2.05) is 26.0 Å². The van der Waals surface area contributed by atoms with E-state index >= 15 is 0 Å². The minimum Gasteiger partial charge on any atom is -0.372 e. The zero-order valence-electron chi connectivity index (χ0n) is 14.6. The summed E-state index contributed by atoms with van der Waals surface area (Å²) in [5.41, 5.74) is -0.707.